The summed E-state index contributed by atoms with van der Waals surface area (Å²) in [5, 5.41) is 31.5. The number of carbonyl (C=O) groups is 1. The summed E-state index contributed by atoms with van der Waals surface area (Å²) in [4.78, 5) is 25.0. The Hall–Kier alpha value is -2.34. The Labute approximate surface area is 154 Å². The number of nitrogen functional groups attached to an aromatic ring is 1. The molecule has 0 saturated carbocycles. The van der Waals surface area contributed by atoms with Gasteiger partial charge in [0.15, 0.2) is 28.8 Å². The van der Waals surface area contributed by atoms with Crippen LogP contribution in [-0.4, -0.2) is 72.1 Å². The van der Waals surface area contributed by atoms with Crippen LogP contribution in [0.2, 0.25) is 0 Å². The predicted molar refractivity (Wildman–Crippen MR) is 92.7 cm³/mol. The smallest absolute Gasteiger partial charge is 0.246 e. The van der Waals surface area contributed by atoms with Crippen molar-refractivity contribution < 1.29 is 29.6 Å². The fourth-order valence-corrected chi connectivity index (χ4v) is 3.27. The molecule has 11 heteroatoms. The molecule has 1 aliphatic heterocycles. The molecule has 1 saturated heterocycles. The molecule has 0 unspecified atom stereocenters. The van der Waals surface area contributed by atoms with Crippen molar-refractivity contribution in [3.05, 3.63) is 6.33 Å². The number of hydrogen-bond donors (Lipinski definition) is 4. The summed E-state index contributed by atoms with van der Waals surface area (Å²) in [7, 11) is 1.39. The number of fused-ring (bicyclic) bond motifs is 1. The summed E-state index contributed by atoms with van der Waals surface area (Å²) >= 11 is 0. The molecule has 1 aliphatic rings. The van der Waals surface area contributed by atoms with Gasteiger partial charge in [-0.1, -0.05) is 20.8 Å². The van der Waals surface area contributed by atoms with Crippen molar-refractivity contribution >= 4 is 22.9 Å². The van der Waals surface area contributed by atoms with Crippen LogP contribution in [0.25, 0.3) is 11.2 Å². The first-order valence-corrected chi connectivity index (χ1v) is 8.31. The van der Waals surface area contributed by atoms with Crippen molar-refractivity contribution in [2.45, 2.75) is 44.8 Å². The number of hydrogen-bond acceptors (Lipinski definition) is 10. The lowest BCUT2D eigenvalue weighted by atomic mass is 9.75. The summed E-state index contributed by atoms with van der Waals surface area (Å²) in [5.41, 5.74) is 2.85. The number of Topliss-reactive ketones (excluding diaryl/α,β-unsaturated/α-hetero) is 1. The zero-order valence-electron chi connectivity index (χ0n) is 15.4. The molecule has 0 radical (unpaired) electrons. The SMILES string of the molecule is COc1nc(N)nc2c1ncn2[C@@H]1O[C@H](CO)[C@](O)(C(=O)C(C)(C)C)[C@@H]1O. The number of aromatic nitrogens is 4. The minimum atomic E-state index is -2.31. The average Bonchev–Trinajstić information content (AvgIpc) is 3.12. The Morgan fingerprint density at radius 3 is 2.67 bits per heavy atom. The number of imidazole rings is 1. The van der Waals surface area contributed by atoms with Crippen LogP contribution in [0.15, 0.2) is 6.33 Å². The maximum absolute atomic E-state index is 12.8. The van der Waals surface area contributed by atoms with Gasteiger partial charge in [0.25, 0.3) is 0 Å². The summed E-state index contributed by atoms with van der Waals surface area (Å²) < 4.78 is 12.1. The van der Waals surface area contributed by atoms with Crippen LogP contribution in [0, 0.1) is 5.41 Å². The number of ketones is 1. The highest BCUT2D eigenvalue weighted by molar-refractivity contribution is 5.93. The number of nitrogens with zero attached hydrogens (tertiary/aromatic N) is 4. The van der Waals surface area contributed by atoms with Gasteiger partial charge in [0.1, 0.15) is 12.2 Å². The summed E-state index contributed by atoms with van der Waals surface area (Å²) in [6, 6.07) is 0. The highest BCUT2D eigenvalue weighted by atomic mass is 16.6. The standard InChI is InChI=1S/C16H23N5O6/c1-15(2,3)13(24)16(25)7(5-22)27-12(9(16)23)21-6-18-8-10(21)19-14(17)20-11(8)26-4/h6-7,9,12,22-23,25H,5H2,1-4H3,(H2,17,19,20)/t7-,9-,12-,16-/m1/s1. The zero-order chi connectivity index (χ0) is 20.1. The van der Waals surface area contributed by atoms with E-state index in [1.54, 1.807) is 20.8 Å². The number of aliphatic hydroxyl groups is 3. The third-order valence-corrected chi connectivity index (χ3v) is 4.60. The number of methoxy groups -OCH3 is 1. The molecule has 0 spiro atoms. The van der Waals surface area contributed by atoms with E-state index >= 15 is 0 Å². The molecular weight excluding hydrogens is 358 g/mol. The van der Waals surface area contributed by atoms with Crippen LogP contribution in [0.4, 0.5) is 5.95 Å². The van der Waals surface area contributed by atoms with Crippen LogP contribution in [0.3, 0.4) is 0 Å². The number of rotatable bonds is 4. The van der Waals surface area contributed by atoms with Gasteiger partial charge in [-0.2, -0.15) is 9.97 Å². The maximum atomic E-state index is 12.8. The van der Waals surface area contributed by atoms with E-state index in [9.17, 15) is 20.1 Å². The maximum Gasteiger partial charge on any atom is 0.246 e. The topological polar surface area (TPSA) is 166 Å². The predicted octanol–water partition coefficient (Wildman–Crippen LogP) is -0.986. The molecule has 1 fully saturated rings. The number of ether oxygens (including phenoxy) is 2. The normalized spacial score (nSPS) is 28.6. The second-order valence-electron chi connectivity index (χ2n) is 7.46. The highest BCUT2D eigenvalue weighted by Gasteiger charge is 2.62. The minimum absolute atomic E-state index is 0.0895. The number of anilines is 1. The fourth-order valence-electron chi connectivity index (χ4n) is 3.27. The Bertz CT molecular complexity index is 878. The van der Waals surface area contributed by atoms with Crippen LogP contribution in [0.5, 0.6) is 5.88 Å². The lowest BCUT2D eigenvalue weighted by molar-refractivity contribution is -0.162. The molecule has 2 aromatic heterocycles. The second-order valence-corrected chi connectivity index (χ2v) is 7.46. The van der Waals surface area contributed by atoms with Crippen LogP contribution in [0.1, 0.15) is 27.0 Å². The van der Waals surface area contributed by atoms with E-state index in [0.717, 1.165) is 0 Å². The van der Waals surface area contributed by atoms with E-state index in [-0.39, 0.29) is 23.0 Å². The van der Waals surface area contributed by atoms with Crippen LogP contribution >= 0.6 is 0 Å². The average molecular weight is 381 g/mol. The van der Waals surface area contributed by atoms with Crippen LogP contribution < -0.4 is 10.5 Å². The zero-order valence-corrected chi connectivity index (χ0v) is 15.4. The molecule has 148 valence electrons. The van der Waals surface area contributed by atoms with Crippen molar-refractivity contribution in [2.24, 2.45) is 5.41 Å². The first-order valence-electron chi connectivity index (χ1n) is 8.31. The van der Waals surface area contributed by atoms with Gasteiger partial charge in [-0.3, -0.25) is 9.36 Å². The molecular formula is C16H23N5O6. The Balaban J connectivity index is 2.10. The first-order chi connectivity index (χ1) is 12.6. The largest absolute Gasteiger partial charge is 0.479 e. The molecule has 4 atom stereocenters. The molecule has 5 N–H and O–H groups in total. The van der Waals surface area contributed by atoms with Gasteiger partial charge in [0.05, 0.1) is 20.0 Å². The number of aliphatic hydroxyl groups excluding tert-OH is 2. The van der Waals surface area contributed by atoms with E-state index in [4.69, 9.17) is 15.2 Å². The van der Waals surface area contributed by atoms with Crippen molar-refractivity contribution in [1.29, 1.82) is 0 Å². The van der Waals surface area contributed by atoms with E-state index in [2.05, 4.69) is 15.0 Å². The Kier molecular flexibility index (Phi) is 4.58. The van der Waals surface area contributed by atoms with E-state index in [1.807, 2.05) is 0 Å². The minimum Gasteiger partial charge on any atom is -0.479 e. The number of carbonyl (C=O) groups excluding carboxylic acids is 1. The van der Waals surface area contributed by atoms with Gasteiger partial charge < -0.3 is 30.5 Å². The monoisotopic (exact) mass is 381 g/mol. The van der Waals surface area contributed by atoms with Crippen molar-refractivity contribution in [3.63, 3.8) is 0 Å². The molecule has 3 rings (SSSR count). The van der Waals surface area contributed by atoms with E-state index in [0.29, 0.717) is 0 Å². The lowest BCUT2D eigenvalue weighted by Crippen LogP contribution is -2.59. The van der Waals surface area contributed by atoms with Gasteiger partial charge in [-0.25, -0.2) is 4.98 Å². The first kappa shape index (κ1) is 19.4. The summed E-state index contributed by atoms with van der Waals surface area (Å²) in [5.74, 6) is -0.614. The molecule has 0 bridgehead atoms. The fraction of sp³-hybridized carbons (Fsp3) is 0.625. The summed E-state index contributed by atoms with van der Waals surface area (Å²) in [6.07, 6.45) is -2.94. The molecule has 11 nitrogen and oxygen atoms in total. The second kappa shape index (κ2) is 6.37. The molecule has 0 aromatic carbocycles. The summed E-state index contributed by atoms with van der Waals surface area (Å²) in [6.45, 7) is 4.15. The molecule has 0 amide bonds. The third-order valence-electron chi connectivity index (χ3n) is 4.60. The Morgan fingerprint density at radius 1 is 1.44 bits per heavy atom. The molecule has 2 aromatic rings. The van der Waals surface area contributed by atoms with Gasteiger partial charge in [0, 0.05) is 5.41 Å². The number of nitrogens with two attached hydrogens (primary N) is 1. The van der Waals surface area contributed by atoms with Gasteiger partial charge in [0.2, 0.25) is 11.8 Å². The molecule has 3 heterocycles. The quantitative estimate of drug-likeness (QED) is 0.516. The van der Waals surface area contributed by atoms with Gasteiger partial charge in [-0.05, 0) is 0 Å². The molecule has 27 heavy (non-hydrogen) atoms. The van der Waals surface area contributed by atoms with Crippen LogP contribution in [-0.2, 0) is 9.53 Å². The van der Waals surface area contributed by atoms with E-state index in [1.165, 1.54) is 18.0 Å². The Morgan fingerprint density at radius 2 is 2.11 bits per heavy atom. The van der Waals surface area contributed by atoms with Crippen molar-refractivity contribution in [3.8, 4) is 5.88 Å². The van der Waals surface area contributed by atoms with Gasteiger partial charge >= 0.3 is 0 Å². The highest BCUT2D eigenvalue weighted by Crippen LogP contribution is 2.42. The van der Waals surface area contributed by atoms with Gasteiger partial charge in [-0.15, -0.1) is 0 Å². The molecule has 0 aliphatic carbocycles. The van der Waals surface area contributed by atoms with Crippen molar-refractivity contribution in [1.82, 2.24) is 19.5 Å². The van der Waals surface area contributed by atoms with E-state index < -0.39 is 41.8 Å². The third kappa shape index (κ3) is 2.83. The lowest BCUT2D eigenvalue weighted by Gasteiger charge is -2.34. The van der Waals surface area contributed by atoms with Crippen molar-refractivity contribution in [2.75, 3.05) is 19.5 Å².